The maximum absolute atomic E-state index is 12.2. The highest BCUT2D eigenvalue weighted by atomic mass is 127. The molecule has 2 heterocycles. The van der Waals surface area contributed by atoms with Crippen LogP contribution in [0.25, 0.3) is 0 Å². The molecule has 30 heavy (non-hydrogen) atoms. The van der Waals surface area contributed by atoms with Crippen LogP contribution in [-0.4, -0.2) is 36.6 Å². The fraction of sp³-hybridized carbons (Fsp3) is 0.476. The molecule has 1 aromatic heterocycles. The van der Waals surface area contributed by atoms with Crippen molar-refractivity contribution in [3.8, 4) is 0 Å². The number of benzene rings is 1. The molecule has 1 atom stereocenters. The average molecular weight is 543 g/mol. The first-order valence-electron chi connectivity index (χ1n) is 9.95. The Hall–Kier alpha value is -1.72. The predicted molar refractivity (Wildman–Crippen MR) is 133 cm³/mol. The fourth-order valence-electron chi connectivity index (χ4n) is 3.00. The van der Waals surface area contributed by atoms with Crippen LogP contribution in [0.3, 0.4) is 0 Å². The number of carbonyl (C=O) groups is 1. The SMILES string of the molecule is CN=C(NCc1cccc(NC(=O)C2CCCO2)c1)NCc1nc(C(C)C)cs1.I. The molecule has 164 valence electrons. The van der Waals surface area contributed by atoms with E-state index >= 15 is 0 Å². The fourth-order valence-corrected chi connectivity index (χ4v) is 3.90. The number of rotatable bonds is 7. The Morgan fingerprint density at radius 3 is 2.80 bits per heavy atom. The lowest BCUT2D eigenvalue weighted by Crippen LogP contribution is -2.36. The number of aliphatic imine (C=N–C) groups is 1. The number of aromatic nitrogens is 1. The highest BCUT2D eigenvalue weighted by Crippen LogP contribution is 2.18. The number of carbonyl (C=O) groups excluding carboxylic acids is 1. The molecule has 1 aliphatic heterocycles. The lowest BCUT2D eigenvalue weighted by atomic mass is 10.2. The van der Waals surface area contributed by atoms with Gasteiger partial charge in [-0.05, 0) is 36.5 Å². The summed E-state index contributed by atoms with van der Waals surface area (Å²) in [5.41, 5.74) is 2.95. The van der Waals surface area contributed by atoms with Crippen molar-refractivity contribution >= 4 is 52.9 Å². The summed E-state index contributed by atoms with van der Waals surface area (Å²) in [7, 11) is 1.75. The van der Waals surface area contributed by atoms with Gasteiger partial charge >= 0.3 is 0 Å². The first-order valence-corrected chi connectivity index (χ1v) is 10.8. The Kier molecular flexibility index (Phi) is 9.99. The normalized spacial score (nSPS) is 16.3. The zero-order chi connectivity index (χ0) is 20.6. The summed E-state index contributed by atoms with van der Waals surface area (Å²) in [6.07, 6.45) is 1.39. The third kappa shape index (κ3) is 7.21. The number of nitrogens with one attached hydrogen (secondary N) is 3. The van der Waals surface area contributed by atoms with Gasteiger partial charge in [-0.25, -0.2) is 4.98 Å². The van der Waals surface area contributed by atoms with Crippen LogP contribution in [0.4, 0.5) is 5.69 Å². The molecule has 0 saturated carbocycles. The molecule has 1 fully saturated rings. The lowest BCUT2D eigenvalue weighted by Gasteiger charge is -2.13. The van der Waals surface area contributed by atoms with Crippen molar-refractivity contribution in [2.75, 3.05) is 19.0 Å². The number of thiazole rings is 1. The standard InChI is InChI=1S/C21H29N5O2S.HI/c1-14(2)17-13-29-19(26-17)12-24-21(22-3)23-11-15-6-4-7-16(10-15)25-20(27)18-8-5-9-28-18;/h4,6-7,10,13-14,18H,5,8-9,11-12H2,1-3H3,(H,25,27)(H2,22,23,24);1H. The van der Waals surface area contributed by atoms with E-state index in [0.29, 0.717) is 31.6 Å². The van der Waals surface area contributed by atoms with E-state index in [1.807, 2.05) is 24.3 Å². The van der Waals surface area contributed by atoms with Crippen LogP contribution in [0.5, 0.6) is 0 Å². The number of nitrogens with zero attached hydrogens (tertiary/aromatic N) is 2. The molecule has 1 aromatic carbocycles. The summed E-state index contributed by atoms with van der Waals surface area (Å²) >= 11 is 1.66. The third-order valence-corrected chi connectivity index (χ3v) is 5.54. The van der Waals surface area contributed by atoms with Gasteiger partial charge in [-0.3, -0.25) is 9.79 Å². The van der Waals surface area contributed by atoms with Crippen LogP contribution in [0.1, 0.15) is 48.9 Å². The molecule has 2 aromatic rings. The highest BCUT2D eigenvalue weighted by Gasteiger charge is 2.23. The summed E-state index contributed by atoms with van der Waals surface area (Å²) in [6.45, 7) is 6.18. The van der Waals surface area contributed by atoms with Crippen molar-refractivity contribution in [3.63, 3.8) is 0 Å². The molecule has 0 spiro atoms. The van der Waals surface area contributed by atoms with Crippen LogP contribution in [0.2, 0.25) is 0 Å². The van der Waals surface area contributed by atoms with Crippen molar-refractivity contribution in [2.45, 2.75) is 51.8 Å². The number of hydrogen-bond acceptors (Lipinski definition) is 5. The zero-order valence-corrected chi connectivity index (χ0v) is 20.8. The minimum absolute atomic E-state index is 0. The number of anilines is 1. The summed E-state index contributed by atoms with van der Waals surface area (Å²) in [5.74, 6) is 1.07. The number of hydrogen-bond donors (Lipinski definition) is 3. The topological polar surface area (TPSA) is 87.6 Å². The molecular weight excluding hydrogens is 513 g/mol. The monoisotopic (exact) mass is 543 g/mol. The van der Waals surface area contributed by atoms with Gasteiger partial charge in [0.15, 0.2) is 5.96 Å². The van der Waals surface area contributed by atoms with Crippen LogP contribution in [0, 0.1) is 0 Å². The second kappa shape index (κ2) is 12.2. The Bertz CT molecular complexity index is 849. The molecule has 0 radical (unpaired) electrons. The molecule has 9 heteroatoms. The van der Waals surface area contributed by atoms with Crippen LogP contribution in [0.15, 0.2) is 34.6 Å². The molecular formula is C21H30IN5O2S. The van der Waals surface area contributed by atoms with Gasteiger partial charge in [-0.1, -0.05) is 26.0 Å². The average Bonchev–Trinajstić information content (AvgIpc) is 3.41. The van der Waals surface area contributed by atoms with Crippen LogP contribution < -0.4 is 16.0 Å². The second-order valence-electron chi connectivity index (χ2n) is 7.29. The molecule has 1 unspecified atom stereocenters. The molecule has 1 amide bonds. The largest absolute Gasteiger partial charge is 0.368 e. The van der Waals surface area contributed by atoms with Gasteiger partial charge in [0.25, 0.3) is 5.91 Å². The Labute approximate surface area is 199 Å². The van der Waals surface area contributed by atoms with Crippen molar-refractivity contribution in [3.05, 3.63) is 45.9 Å². The van der Waals surface area contributed by atoms with E-state index in [9.17, 15) is 4.79 Å². The molecule has 0 aliphatic carbocycles. The van der Waals surface area contributed by atoms with Crippen LogP contribution in [-0.2, 0) is 22.6 Å². The molecule has 1 aliphatic rings. The Balaban J connectivity index is 0.00000320. The molecule has 3 rings (SSSR count). The van der Waals surface area contributed by atoms with Gasteiger partial charge < -0.3 is 20.7 Å². The number of guanidine groups is 1. The predicted octanol–water partition coefficient (Wildman–Crippen LogP) is 3.87. The number of halogens is 1. The van der Waals surface area contributed by atoms with E-state index in [-0.39, 0.29) is 36.0 Å². The van der Waals surface area contributed by atoms with Gasteiger partial charge in [-0.15, -0.1) is 35.3 Å². The molecule has 7 nitrogen and oxygen atoms in total. The second-order valence-corrected chi connectivity index (χ2v) is 8.23. The summed E-state index contributed by atoms with van der Waals surface area (Å²) in [4.78, 5) is 21.1. The smallest absolute Gasteiger partial charge is 0.253 e. The number of amides is 1. The van der Waals surface area contributed by atoms with Gasteiger partial charge in [-0.2, -0.15) is 0 Å². The third-order valence-electron chi connectivity index (χ3n) is 4.67. The Morgan fingerprint density at radius 1 is 1.33 bits per heavy atom. The van der Waals surface area contributed by atoms with Gasteiger partial charge in [0.05, 0.1) is 12.2 Å². The minimum Gasteiger partial charge on any atom is -0.368 e. The number of ether oxygens (including phenoxy) is 1. The Morgan fingerprint density at radius 2 is 2.13 bits per heavy atom. The summed E-state index contributed by atoms with van der Waals surface area (Å²) in [6, 6.07) is 7.79. The van der Waals surface area contributed by atoms with Crippen molar-refractivity contribution in [1.29, 1.82) is 0 Å². The summed E-state index contributed by atoms with van der Waals surface area (Å²) in [5, 5.41) is 12.7. The maximum atomic E-state index is 12.2. The van der Waals surface area contributed by atoms with Gasteiger partial charge in [0, 0.05) is 31.3 Å². The maximum Gasteiger partial charge on any atom is 0.253 e. The quantitative estimate of drug-likeness (QED) is 0.281. The van der Waals surface area contributed by atoms with Crippen molar-refractivity contribution < 1.29 is 9.53 Å². The summed E-state index contributed by atoms with van der Waals surface area (Å²) < 4.78 is 5.44. The van der Waals surface area contributed by atoms with E-state index in [0.717, 1.165) is 34.8 Å². The van der Waals surface area contributed by atoms with Crippen molar-refractivity contribution in [2.24, 2.45) is 4.99 Å². The lowest BCUT2D eigenvalue weighted by molar-refractivity contribution is -0.124. The molecule has 0 bridgehead atoms. The van der Waals surface area contributed by atoms with Gasteiger partial charge in [0.2, 0.25) is 0 Å². The van der Waals surface area contributed by atoms with E-state index in [1.165, 1.54) is 0 Å². The first kappa shape index (κ1) is 24.5. The van der Waals surface area contributed by atoms with E-state index in [1.54, 1.807) is 18.4 Å². The van der Waals surface area contributed by atoms with Gasteiger partial charge in [0.1, 0.15) is 11.1 Å². The molecule has 3 N–H and O–H groups in total. The van der Waals surface area contributed by atoms with E-state index in [4.69, 9.17) is 4.74 Å². The first-order chi connectivity index (χ1) is 14.0. The van der Waals surface area contributed by atoms with Crippen LogP contribution >= 0.6 is 35.3 Å². The minimum atomic E-state index is -0.332. The van der Waals surface area contributed by atoms with Crippen molar-refractivity contribution in [1.82, 2.24) is 15.6 Å². The molecule has 1 saturated heterocycles. The highest BCUT2D eigenvalue weighted by molar-refractivity contribution is 14.0. The van der Waals surface area contributed by atoms with E-state index < -0.39 is 0 Å². The zero-order valence-electron chi connectivity index (χ0n) is 17.6. The van der Waals surface area contributed by atoms with E-state index in [2.05, 4.69) is 45.2 Å².